The summed E-state index contributed by atoms with van der Waals surface area (Å²) in [5.41, 5.74) is 2.22. The van der Waals surface area contributed by atoms with Crippen LogP contribution >= 0.6 is 0 Å². The second-order valence-electron chi connectivity index (χ2n) is 5.79. The van der Waals surface area contributed by atoms with Gasteiger partial charge in [0.25, 0.3) is 0 Å². The first-order valence-corrected chi connectivity index (χ1v) is 7.69. The first-order chi connectivity index (χ1) is 10.8. The van der Waals surface area contributed by atoms with Gasteiger partial charge >= 0.3 is 0 Å². The van der Waals surface area contributed by atoms with Crippen molar-refractivity contribution in [3.05, 3.63) is 36.4 Å². The van der Waals surface area contributed by atoms with Crippen LogP contribution in [0.3, 0.4) is 0 Å². The number of aromatic nitrogens is 5. The van der Waals surface area contributed by atoms with Gasteiger partial charge in [-0.2, -0.15) is 4.98 Å². The van der Waals surface area contributed by atoms with Crippen molar-refractivity contribution in [1.29, 1.82) is 0 Å². The van der Waals surface area contributed by atoms with E-state index < -0.39 is 0 Å². The van der Waals surface area contributed by atoms with Crippen LogP contribution < -0.4 is 5.32 Å². The van der Waals surface area contributed by atoms with Crippen LogP contribution in [0, 0.1) is 6.92 Å². The Kier molecular flexibility index (Phi) is 3.21. The highest BCUT2D eigenvalue weighted by molar-refractivity contribution is 5.80. The summed E-state index contributed by atoms with van der Waals surface area (Å²) in [5.74, 6) is 1.05. The van der Waals surface area contributed by atoms with Gasteiger partial charge in [-0.25, -0.2) is 15.0 Å². The molecule has 0 spiro atoms. The van der Waals surface area contributed by atoms with Gasteiger partial charge in [-0.3, -0.25) is 5.32 Å². The van der Waals surface area contributed by atoms with Crippen molar-refractivity contribution >= 4 is 22.9 Å². The first kappa shape index (κ1) is 13.2. The second-order valence-corrected chi connectivity index (χ2v) is 5.79. The summed E-state index contributed by atoms with van der Waals surface area (Å²) in [6, 6.07) is 2.34. The van der Waals surface area contributed by atoms with E-state index in [9.17, 15) is 0 Å². The molecule has 3 heterocycles. The largest absolute Gasteiger partial charge is 0.329 e. The minimum absolute atomic E-state index is 0.512. The lowest BCUT2D eigenvalue weighted by molar-refractivity contribution is 0.532. The molecular weight excluding hydrogens is 276 g/mol. The van der Waals surface area contributed by atoms with Crippen molar-refractivity contribution in [2.45, 2.75) is 38.6 Å². The number of anilines is 2. The predicted molar refractivity (Wildman–Crippen MR) is 85.1 cm³/mol. The summed E-state index contributed by atoms with van der Waals surface area (Å²) in [6.07, 6.45) is 12.6. The van der Waals surface area contributed by atoms with Crippen LogP contribution in [0.5, 0.6) is 0 Å². The number of nitrogens with one attached hydrogen (secondary N) is 1. The molecule has 6 nitrogen and oxygen atoms in total. The van der Waals surface area contributed by atoms with Crippen LogP contribution in [-0.4, -0.2) is 24.5 Å². The van der Waals surface area contributed by atoms with Gasteiger partial charge in [0, 0.05) is 36.2 Å². The highest BCUT2D eigenvalue weighted by atomic mass is 15.2. The molecule has 1 fully saturated rings. The fourth-order valence-corrected chi connectivity index (χ4v) is 3.17. The molecule has 0 aliphatic heterocycles. The van der Waals surface area contributed by atoms with E-state index >= 15 is 0 Å². The lowest BCUT2D eigenvalue weighted by Gasteiger charge is -2.12. The predicted octanol–water partition coefficient (Wildman–Crippen LogP) is 3.39. The fourth-order valence-electron chi connectivity index (χ4n) is 3.17. The number of hydrogen-bond acceptors (Lipinski definition) is 5. The zero-order valence-corrected chi connectivity index (χ0v) is 12.5. The Balaban J connectivity index is 1.74. The quantitative estimate of drug-likeness (QED) is 0.802. The maximum Gasteiger partial charge on any atom is 0.231 e. The van der Waals surface area contributed by atoms with Crippen molar-refractivity contribution in [3.8, 4) is 0 Å². The van der Waals surface area contributed by atoms with Gasteiger partial charge in [0.1, 0.15) is 5.65 Å². The van der Waals surface area contributed by atoms with E-state index in [1.165, 1.54) is 31.2 Å². The van der Waals surface area contributed by atoms with Crippen LogP contribution in [-0.2, 0) is 0 Å². The third-order valence-corrected chi connectivity index (χ3v) is 4.28. The molecule has 3 aromatic rings. The van der Waals surface area contributed by atoms with Gasteiger partial charge in [0.05, 0.1) is 0 Å². The van der Waals surface area contributed by atoms with Gasteiger partial charge in [0.2, 0.25) is 11.9 Å². The van der Waals surface area contributed by atoms with Crippen molar-refractivity contribution in [2.75, 3.05) is 5.32 Å². The molecule has 0 amide bonds. The molecule has 0 radical (unpaired) electrons. The molecule has 1 saturated carbocycles. The topological polar surface area (TPSA) is 68.5 Å². The Labute approximate surface area is 128 Å². The Morgan fingerprint density at radius 3 is 2.64 bits per heavy atom. The summed E-state index contributed by atoms with van der Waals surface area (Å²) in [6.45, 7) is 2.12. The summed E-state index contributed by atoms with van der Waals surface area (Å²) in [7, 11) is 0. The van der Waals surface area contributed by atoms with Gasteiger partial charge in [0.15, 0.2) is 0 Å². The molecule has 22 heavy (non-hydrogen) atoms. The smallest absolute Gasteiger partial charge is 0.231 e. The van der Waals surface area contributed by atoms with Crippen LogP contribution in [0.15, 0.2) is 30.9 Å². The van der Waals surface area contributed by atoms with Gasteiger partial charge in [-0.15, -0.1) is 0 Å². The molecule has 1 N–H and O–H groups in total. The van der Waals surface area contributed by atoms with Gasteiger partial charge in [-0.05, 0) is 31.4 Å². The lowest BCUT2D eigenvalue weighted by Crippen LogP contribution is -2.06. The number of hydrogen-bond donors (Lipinski definition) is 1. The molecule has 3 aromatic heterocycles. The number of rotatable bonds is 3. The normalized spacial score (nSPS) is 15.5. The summed E-state index contributed by atoms with van der Waals surface area (Å²) in [5, 5.41) is 4.18. The van der Waals surface area contributed by atoms with Crippen LogP contribution in [0.4, 0.5) is 11.9 Å². The second kappa shape index (κ2) is 5.36. The van der Waals surface area contributed by atoms with E-state index in [0.29, 0.717) is 17.9 Å². The number of nitrogens with zero attached hydrogens (tertiary/aromatic N) is 5. The van der Waals surface area contributed by atoms with E-state index in [1.807, 2.05) is 6.20 Å². The summed E-state index contributed by atoms with van der Waals surface area (Å²) >= 11 is 0. The molecular formula is C16H18N6. The lowest BCUT2D eigenvalue weighted by atomic mass is 10.2. The van der Waals surface area contributed by atoms with E-state index in [2.05, 4.69) is 38.0 Å². The molecule has 1 aliphatic rings. The third kappa shape index (κ3) is 2.30. The molecule has 0 bridgehead atoms. The summed E-state index contributed by atoms with van der Waals surface area (Å²) < 4.78 is 2.32. The molecule has 0 saturated heterocycles. The monoisotopic (exact) mass is 294 g/mol. The zero-order valence-electron chi connectivity index (χ0n) is 12.5. The zero-order chi connectivity index (χ0) is 14.9. The highest BCUT2D eigenvalue weighted by Crippen LogP contribution is 2.33. The van der Waals surface area contributed by atoms with E-state index in [1.54, 1.807) is 18.5 Å². The molecule has 6 heteroatoms. The highest BCUT2D eigenvalue weighted by Gasteiger charge is 2.20. The van der Waals surface area contributed by atoms with Gasteiger partial charge < -0.3 is 4.57 Å². The average molecular weight is 294 g/mol. The Morgan fingerprint density at radius 2 is 1.86 bits per heavy atom. The van der Waals surface area contributed by atoms with Crippen molar-refractivity contribution in [1.82, 2.24) is 24.5 Å². The molecule has 4 rings (SSSR count). The van der Waals surface area contributed by atoms with E-state index in [-0.39, 0.29) is 0 Å². The maximum absolute atomic E-state index is 4.70. The Morgan fingerprint density at radius 1 is 1.09 bits per heavy atom. The molecule has 0 aromatic carbocycles. The van der Waals surface area contributed by atoms with Gasteiger partial charge in [-0.1, -0.05) is 12.8 Å². The van der Waals surface area contributed by atoms with E-state index in [0.717, 1.165) is 11.0 Å². The minimum atomic E-state index is 0.512. The molecule has 1 aliphatic carbocycles. The average Bonchev–Trinajstić information content (AvgIpc) is 3.17. The fraction of sp³-hybridized carbons (Fsp3) is 0.375. The maximum atomic E-state index is 4.70. The SMILES string of the molecule is Cc1cn(C2CCCC2)c2nc(Nc3ncccn3)ncc12. The number of aryl methyl sites for hydroxylation is 1. The molecule has 0 unspecified atom stereocenters. The van der Waals surface area contributed by atoms with E-state index in [4.69, 9.17) is 4.98 Å². The van der Waals surface area contributed by atoms with Crippen LogP contribution in [0.25, 0.3) is 11.0 Å². The molecule has 0 atom stereocenters. The van der Waals surface area contributed by atoms with Crippen LogP contribution in [0.2, 0.25) is 0 Å². The number of fused-ring (bicyclic) bond motifs is 1. The van der Waals surface area contributed by atoms with Crippen molar-refractivity contribution < 1.29 is 0 Å². The Bertz CT molecular complexity index is 789. The standard InChI is InChI=1S/C16H18N6/c1-11-10-22(12-5-2-3-6-12)14-13(11)9-19-16(20-14)21-15-17-7-4-8-18-15/h4,7-10,12H,2-3,5-6H2,1H3,(H,17,18,19,20,21). The van der Waals surface area contributed by atoms with Crippen LogP contribution in [0.1, 0.15) is 37.3 Å². The van der Waals surface area contributed by atoms with Crippen molar-refractivity contribution in [2.24, 2.45) is 0 Å². The summed E-state index contributed by atoms with van der Waals surface area (Å²) in [4.78, 5) is 17.4. The van der Waals surface area contributed by atoms with Crippen molar-refractivity contribution in [3.63, 3.8) is 0 Å². The minimum Gasteiger partial charge on any atom is -0.329 e. The third-order valence-electron chi connectivity index (χ3n) is 4.28. The molecule has 112 valence electrons. The Hall–Kier alpha value is -2.50. The first-order valence-electron chi connectivity index (χ1n) is 7.69.